The number of carboxylic acid groups (broad SMARTS) is 1. The molecule has 2 fully saturated rings. The molecule has 0 aromatic carbocycles. The molecule has 5 nitrogen and oxygen atoms in total. The average Bonchev–Trinajstić information content (AvgIpc) is 2.29. The van der Waals surface area contributed by atoms with Crippen LogP contribution in [0.2, 0.25) is 0 Å². The van der Waals surface area contributed by atoms with Crippen molar-refractivity contribution in [2.75, 3.05) is 13.1 Å². The zero-order chi connectivity index (χ0) is 15.3. The van der Waals surface area contributed by atoms with Crippen LogP contribution in [0.3, 0.4) is 0 Å². The minimum atomic E-state index is -4.43. The number of aromatic nitrogens is 2. The van der Waals surface area contributed by atoms with E-state index in [1.54, 1.807) is 6.08 Å². The maximum atomic E-state index is 12.4. The molecule has 2 aliphatic rings. The van der Waals surface area contributed by atoms with Crippen molar-refractivity contribution in [2.24, 2.45) is 5.41 Å². The van der Waals surface area contributed by atoms with Gasteiger partial charge >= 0.3 is 12.3 Å². The fraction of sp³-hybridized carbons (Fsp3) is 0.462. The van der Waals surface area contributed by atoms with Crippen molar-refractivity contribution in [3.63, 3.8) is 0 Å². The van der Waals surface area contributed by atoms with Crippen molar-refractivity contribution >= 4 is 12.2 Å². The van der Waals surface area contributed by atoms with Gasteiger partial charge in [-0.2, -0.15) is 13.2 Å². The van der Waals surface area contributed by atoms with Crippen molar-refractivity contribution < 1.29 is 23.1 Å². The molecule has 1 saturated carbocycles. The third kappa shape index (κ3) is 2.57. The Labute approximate surface area is 118 Å². The van der Waals surface area contributed by atoms with Crippen molar-refractivity contribution in [1.29, 1.82) is 0 Å². The van der Waals surface area contributed by atoms with Gasteiger partial charge in [-0.1, -0.05) is 5.57 Å². The van der Waals surface area contributed by atoms with Gasteiger partial charge in [-0.25, -0.2) is 14.8 Å². The van der Waals surface area contributed by atoms with Gasteiger partial charge in [0.2, 0.25) is 0 Å². The predicted octanol–water partition coefficient (Wildman–Crippen LogP) is 2.65. The molecule has 0 atom stereocenters. The Morgan fingerprint density at radius 1 is 1.29 bits per heavy atom. The van der Waals surface area contributed by atoms with Crippen LogP contribution in [0.1, 0.15) is 24.2 Å². The van der Waals surface area contributed by atoms with E-state index in [4.69, 9.17) is 5.11 Å². The molecule has 1 N–H and O–H groups in total. The van der Waals surface area contributed by atoms with Crippen LogP contribution < -0.4 is 0 Å². The number of likely N-dealkylation sites (tertiary alicyclic amines) is 1. The van der Waals surface area contributed by atoms with Gasteiger partial charge in [-0.3, -0.25) is 0 Å². The molecule has 8 heteroatoms. The molecule has 1 aromatic heterocycles. The maximum Gasteiger partial charge on any atom is 0.419 e. The van der Waals surface area contributed by atoms with Crippen LogP contribution in [0.15, 0.2) is 18.0 Å². The Morgan fingerprint density at radius 2 is 1.86 bits per heavy atom. The van der Waals surface area contributed by atoms with Crippen LogP contribution in [0, 0.1) is 5.41 Å². The molecule has 1 spiro atoms. The molecule has 0 radical (unpaired) electrons. The first kappa shape index (κ1) is 13.8. The molecular formula is C13H12F3N3O2. The molecule has 1 amide bonds. The third-order valence-corrected chi connectivity index (χ3v) is 3.86. The monoisotopic (exact) mass is 299 g/mol. The van der Waals surface area contributed by atoms with E-state index in [0.29, 0.717) is 13.1 Å². The van der Waals surface area contributed by atoms with Gasteiger partial charge in [-0.15, -0.1) is 0 Å². The van der Waals surface area contributed by atoms with Crippen molar-refractivity contribution in [3.8, 4) is 0 Å². The van der Waals surface area contributed by atoms with Crippen LogP contribution in [0.25, 0.3) is 6.08 Å². The van der Waals surface area contributed by atoms with E-state index >= 15 is 0 Å². The summed E-state index contributed by atoms with van der Waals surface area (Å²) in [6.45, 7) is 1.04. The lowest BCUT2D eigenvalue weighted by atomic mass is 9.61. The summed E-state index contributed by atoms with van der Waals surface area (Å²) in [5.74, 6) is 0.252. The van der Waals surface area contributed by atoms with Gasteiger partial charge in [-0.05, 0) is 18.9 Å². The van der Waals surface area contributed by atoms with E-state index in [2.05, 4.69) is 9.97 Å². The number of halogens is 3. The van der Waals surface area contributed by atoms with Crippen molar-refractivity contribution in [1.82, 2.24) is 14.9 Å². The lowest BCUT2D eigenvalue weighted by molar-refractivity contribution is -0.138. The summed E-state index contributed by atoms with van der Waals surface area (Å²) in [6, 6.07) is 0. The minimum Gasteiger partial charge on any atom is -0.465 e. The summed E-state index contributed by atoms with van der Waals surface area (Å²) < 4.78 is 37.1. The van der Waals surface area contributed by atoms with E-state index in [1.807, 2.05) is 0 Å². The van der Waals surface area contributed by atoms with E-state index < -0.39 is 17.8 Å². The summed E-state index contributed by atoms with van der Waals surface area (Å²) >= 11 is 0. The third-order valence-electron chi connectivity index (χ3n) is 3.86. The minimum absolute atomic E-state index is 0.0239. The van der Waals surface area contributed by atoms with Gasteiger partial charge in [0, 0.05) is 30.9 Å². The summed E-state index contributed by atoms with van der Waals surface area (Å²) in [5.41, 5.74) is 0.196. The highest BCUT2D eigenvalue weighted by molar-refractivity contribution is 5.67. The number of rotatable bonds is 1. The number of alkyl halides is 3. The topological polar surface area (TPSA) is 66.3 Å². The Kier molecular flexibility index (Phi) is 2.93. The summed E-state index contributed by atoms with van der Waals surface area (Å²) in [6.07, 6.45) is -0.633. The molecule has 2 heterocycles. The second-order valence-electron chi connectivity index (χ2n) is 5.62. The summed E-state index contributed by atoms with van der Waals surface area (Å²) in [5, 5.41) is 8.78. The van der Waals surface area contributed by atoms with Crippen LogP contribution >= 0.6 is 0 Å². The van der Waals surface area contributed by atoms with Gasteiger partial charge < -0.3 is 10.0 Å². The Hall–Kier alpha value is -2.12. The molecule has 0 unspecified atom stereocenters. The van der Waals surface area contributed by atoms with Gasteiger partial charge in [0.25, 0.3) is 0 Å². The smallest absolute Gasteiger partial charge is 0.419 e. The molecule has 112 valence electrons. The van der Waals surface area contributed by atoms with Crippen LogP contribution in [-0.2, 0) is 6.18 Å². The summed E-state index contributed by atoms with van der Waals surface area (Å²) in [4.78, 5) is 19.4. The van der Waals surface area contributed by atoms with Crippen LogP contribution in [-0.4, -0.2) is 39.2 Å². The van der Waals surface area contributed by atoms with Gasteiger partial charge in [0.1, 0.15) is 0 Å². The molecule has 1 aromatic rings. The first-order valence-electron chi connectivity index (χ1n) is 6.34. The highest BCUT2D eigenvalue weighted by Gasteiger charge is 2.51. The lowest BCUT2D eigenvalue weighted by Crippen LogP contribution is -2.61. The number of nitrogens with zero attached hydrogens (tertiary/aromatic N) is 3. The largest absolute Gasteiger partial charge is 0.465 e. The second kappa shape index (κ2) is 4.44. The van der Waals surface area contributed by atoms with E-state index in [1.165, 1.54) is 4.90 Å². The number of amides is 1. The van der Waals surface area contributed by atoms with Gasteiger partial charge in [0.05, 0.1) is 5.56 Å². The molecule has 1 aliphatic carbocycles. The van der Waals surface area contributed by atoms with Gasteiger partial charge in [0.15, 0.2) is 5.82 Å². The SMILES string of the molecule is O=C(O)N1CC2(CC(=Cc3ncc(C(F)(F)F)cn3)C2)C1. The van der Waals surface area contributed by atoms with Crippen LogP contribution in [0.4, 0.5) is 18.0 Å². The second-order valence-corrected chi connectivity index (χ2v) is 5.62. The molecule has 21 heavy (non-hydrogen) atoms. The summed E-state index contributed by atoms with van der Waals surface area (Å²) in [7, 11) is 0. The van der Waals surface area contributed by atoms with Crippen LogP contribution in [0.5, 0.6) is 0 Å². The van der Waals surface area contributed by atoms with E-state index in [-0.39, 0.29) is 11.2 Å². The first-order valence-corrected chi connectivity index (χ1v) is 6.34. The highest BCUT2D eigenvalue weighted by Crippen LogP contribution is 2.51. The van der Waals surface area contributed by atoms with Crippen molar-refractivity contribution in [2.45, 2.75) is 19.0 Å². The fourth-order valence-electron chi connectivity index (χ4n) is 2.88. The molecule has 1 aliphatic heterocycles. The molecule has 1 saturated heterocycles. The number of hydrogen-bond acceptors (Lipinski definition) is 3. The van der Waals surface area contributed by atoms with E-state index in [0.717, 1.165) is 30.8 Å². The average molecular weight is 299 g/mol. The number of hydrogen-bond donors (Lipinski definition) is 1. The Bertz CT molecular complexity index is 594. The zero-order valence-electron chi connectivity index (χ0n) is 10.9. The Morgan fingerprint density at radius 3 is 2.33 bits per heavy atom. The predicted molar refractivity (Wildman–Crippen MR) is 66.3 cm³/mol. The normalized spacial score (nSPS) is 20.0. The fourth-order valence-corrected chi connectivity index (χ4v) is 2.88. The maximum absolute atomic E-state index is 12.4. The molecule has 3 rings (SSSR count). The van der Waals surface area contributed by atoms with E-state index in [9.17, 15) is 18.0 Å². The van der Waals surface area contributed by atoms with Crippen molar-refractivity contribution in [3.05, 3.63) is 29.4 Å². The lowest BCUT2D eigenvalue weighted by Gasteiger charge is -2.55. The number of carbonyl (C=O) groups is 1. The molecule has 0 bridgehead atoms. The zero-order valence-corrected chi connectivity index (χ0v) is 10.9. The molecular weight excluding hydrogens is 287 g/mol. The Balaban J connectivity index is 1.60. The highest BCUT2D eigenvalue weighted by atomic mass is 19.4. The standard InChI is InChI=1S/C13H12F3N3O2/c14-13(15,16)9-4-17-10(18-5-9)1-8-2-12(3-8)6-19(7-12)11(20)21/h1,4-5H,2-3,6-7H2,(H,20,21). The quantitative estimate of drug-likeness (QED) is 0.865. The number of allylic oxidation sites excluding steroid dienone is 1. The first-order chi connectivity index (χ1) is 9.77.